The number of Topliss-reactive ketones (excluding diaryl/α,β-unsaturated/α-hetero) is 1. The van der Waals surface area contributed by atoms with Gasteiger partial charge in [-0.2, -0.15) is 5.10 Å². The van der Waals surface area contributed by atoms with Crippen LogP contribution in [-0.2, 0) is 6.54 Å². The van der Waals surface area contributed by atoms with Gasteiger partial charge in [-0.3, -0.25) is 9.48 Å². The Morgan fingerprint density at radius 3 is 2.65 bits per heavy atom. The van der Waals surface area contributed by atoms with E-state index in [2.05, 4.69) is 5.10 Å². The van der Waals surface area contributed by atoms with Crippen molar-refractivity contribution in [1.29, 1.82) is 0 Å². The maximum absolute atomic E-state index is 13.0. The third-order valence-electron chi connectivity index (χ3n) is 2.33. The summed E-state index contributed by atoms with van der Waals surface area (Å²) in [6.45, 7) is 1.72. The molecule has 17 heavy (non-hydrogen) atoms. The number of nitrogens with zero attached hydrogens (tertiary/aromatic N) is 2. The van der Waals surface area contributed by atoms with Gasteiger partial charge in [-0.15, -0.1) is 0 Å². The van der Waals surface area contributed by atoms with E-state index in [0.29, 0.717) is 17.8 Å². The highest BCUT2D eigenvalue weighted by Gasteiger charge is 2.06. The molecule has 0 aliphatic carbocycles. The largest absolute Gasteiger partial charge is 0.293 e. The Hall–Kier alpha value is -2.04. The van der Waals surface area contributed by atoms with Crippen LogP contribution in [0.1, 0.15) is 23.0 Å². The highest BCUT2D eigenvalue weighted by Crippen LogP contribution is 2.10. The van der Waals surface area contributed by atoms with Gasteiger partial charge in [0.1, 0.15) is 5.69 Å². The van der Waals surface area contributed by atoms with Gasteiger partial charge in [-0.05, 0) is 23.8 Å². The van der Waals surface area contributed by atoms with Gasteiger partial charge in [0.2, 0.25) is 0 Å². The molecule has 1 aromatic heterocycles. The van der Waals surface area contributed by atoms with Crippen molar-refractivity contribution in [3.05, 3.63) is 53.4 Å². The van der Waals surface area contributed by atoms with Gasteiger partial charge in [0.05, 0.1) is 6.54 Å². The van der Waals surface area contributed by atoms with Crippen LogP contribution in [0.5, 0.6) is 0 Å². The van der Waals surface area contributed by atoms with E-state index < -0.39 is 11.6 Å². The van der Waals surface area contributed by atoms with E-state index >= 15 is 0 Å². The molecule has 0 bridgehead atoms. The molecular formula is C12H10F2N2O. The number of rotatable bonds is 3. The number of hydrogen-bond acceptors (Lipinski definition) is 2. The summed E-state index contributed by atoms with van der Waals surface area (Å²) in [4.78, 5) is 11.0. The van der Waals surface area contributed by atoms with E-state index in [1.165, 1.54) is 17.7 Å². The lowest BCUT2D eigenvalue weighted by Crippen LogP contribution is -2.03. The van der Waals surface area contributed by atoms with E-state index in [0.717, 1.165) is 12.1 Å². The van der Waals surface area contributed by atoms with E-state index in [1.54, 1.807) is 12.3 Å². The van der Waals surface area contributed by atoms with Crippen LogP contribution >= 0.6 is 0 Å². The predicted octanol–water partition coefficient (Wildman–Crippen LogP) is 2.41. The number of ketones is 1. The summed E-state index contributed by atoms with van der Waals surface area (Å²) in [5.41, 5.74) is 0.940. The van der Waals surface area contributed by atoms with Crippen molar-refractivity contribution in [2.75, 3.05) is 0 Å². The molecular weight excluding hydrogens is 226 g/mol. The Morgan fingerprint density at radius 1 is 1.29 bits per heavy atom. The summed E-state index contributed by atoms with van der Waals surface area (Å²) in [6.07, 6.45) is 1.62. The van der Waals surface area contributed by atoms with E-state index in [4.69, 9.17) is 0 Å². The van der Waals surface area contributed by atoms with Crippen molar-refractivity contribution >= 4 is 5.78 Å². The zero-order valence-electron chi connectivity index (χ0n) is 9.15. The fraction of sp³-hybridized carbons (Fsp3) is 0.167. The first-order valence-electron chi connectivity index (χ1n) is 5.04. The third kappa shape index (κ3) is 2.55. The first kappa shape index (κ1) is 11.4. The summed E-state index contributed by atoms with van der Waals surface area (Å²) >= 11 is 0. The zero-order chi connectivity index (χ0) is 12.4. The van der Waals surface area contributed by atoms with Crippen molar-refractivity contribution < 1.29 is 13.6 Å². The quantitative estimate of drug-likeness (QED) is 0.767. The van der Waals surface area contributed by atoms with Crippen LogP contribution in [-0.4, -0.2) is 15.6 Å². The SMILES string of the molecule is CC(=O)c1ccn(Cc2ccc(F)c(F)c2)n1. The van der Waals surface area contributed by atoms with E-state index in [-0.39, 0.29) is 5.78 Å². The molecule has 0 saturated heterocycles. The number of benzene rings is 1. The molecule has 3 nitrogen and oxygen atoms in total. The van der Waals surface area contributed by atoms with Crippen LogP contribution in [0.2, 0.25) is 0 Å². The number of halogens is 2. The van der Waals surface area contributed by atoms with Gasteiger partial charge >= 0.3 is 0 Å². The van der Waals surface area contributed by atoms with Gasteiger partial charge in [-0.25, -0.2) is 8.78 Å². The van der Waals surface area contributed by atoms with Gasteiger partial charge in [-0.1, -0.05) is 6.07 Å². The molecule has 0 amide bonds. The Morgan fingerprint density at radius 2 is 2.06 bits per heavy atom. The second-order valence-electron chi connectivity index (χ2n) is 3.70. The molecule has 0 unspecified atom stereocenters. The fourth-order valence-corrected chi connectivity index (χ4v) is 1.46. The van der Waals surface area contributed by atoms with E-state index in [9.17, 15) is 13.6 Å². The second-order valence-corrected chi connectivity index (χ2v) is 3.70. The molecule has 0 aliphatic heterocycles. The number of carbonyl (C=O) groups excluding carboxylic acids is 1. The summed E-state index contributed by atoms with van der Waals surface area (Å²) < 4.78 is 27.2. The topological polar surface area (TPSA) is 34.9 Å². The predicted molar refractivity (Wildman–Crippen MR) is 57.7 cm³/mol. The molecule has 0 radical (unpaired) electrons. The minimum Gasteiger partial charge on any atom is -0.293 e. The molecule has 2 rings (SSSR count). The van der Waals surface area contributed by atoms with Crippen LogP contribution in [0, 0.1) is 11.6 Å². The second kappa shape index (κ2) is 4.45. The van der Waals surface area contributed by atoms with Crippen molar-refractivity contribution in [2.24, 2.45) is 0 Å². The molecule has 1 aromatic carbocycles. The van der Waals surface area contributed by atoms with Crippen molar-refractivity contribution in [3.63, 3.8) is 0 Å². The number of hydrogen-bond donors (Lipinski definition) is 0. The minimum absolute atomic E-state index is 0.131. The first-order valence-corrected chi connectivity index (χ1v) is 5.04. The standard InChI is InChI=1S/C12H10F2N2O/c1-8(17)12-4-5-16(15-12)7-9-2-3-10(13)11(14)6-9/h2-6H,7H2,1H3. The van der Waals surface area contributed by atoms with Crippen LogP contribution in [0.15, 0.2) is 30.5 Å². The Labute approximate surface area is 96.7 Å². The number of carbonyl (C=O) groups is 1. The van der Waals surface area contributed by atoms with Crippen LogP contribution in [0.3, 0.4) is 0 Å². The monoisotopic (exact) mass is 236 g/mol. The molecule has 0 N–H and O–H groups in total. The maximum Gasteiger partial charge on any atom is 0.179 e. The lowest BCUT2D eigenvalue weighted by atomic mass is 10.2. The van der Waals surface area contributed by atoms with Crippen LogP contribution < -0.4 is 0 Å². The highest BCUT2D eigenvalue weighted by atomic mass is 19.2. The molecule has 0 atom stereocenters. The van der Waals surface area contributed by atoms with Crippen molar-refractivity contribution in [3.8, 4) is 0 Å². The summed E-state index contributed by atoms with van der Waals surface area (Å²) in [5, 5.41) is 4.01. The highest BCUT2D eigenvalue weighted by molar-refractivity contribution is 5.91. The first-order chi connectivity index (χ1) is 8.06. The lowest BCUT2D eigenvalue weighted by molar-refractivity contribution is 0.101. The number of aromatic nitrogens is 2. The maximum atomic E-state index is 13.0. The fourth-order valence-electron chi connectivity index (χ4n) is 1.46. The van der Waals surface area contributed by atoms with Crippen molar-refractivity contribution in [2.45, 2.75) is 13.5 Å². The van der Waals surface area contributed by atoms with Gasteiger partial charge in [0.15, 0.2) is 17.4 Å². The molecule has 0 spiro atoms. The molecule has 88 valence electrons. The minimum atomic E-state index is -0.888. The summed E-state index contributed by atoms with van der Waals surface area (Å²) in [7, 11) is 0. The van der Waals surface area contributed by atoms with Crippen molar-refractivity contribution in [1.82, 2.24) is 9.78 Å². The molecule has 2 aromatic rings. The Balaban J connectivity index is 2.19. The third-order valence-corrected chi connectivity index (χ3v) is 2.33. The molecule has 0 aliphatic rings. The van der Waals surface area contributed by atoms with Crippen LogP contribution in [0.4, 0.5) is 8.78 Å². The molecule has 0 fully saturated rings. The van der Waals surface area contributed by atoms with Gasteiger partial charge in [0, 0.05) is 13.1 Å². The van der Waals surface area contributed by atoms with E-state index in [1.807, 2.05) is 0 Å². The normalized spacial score (nSPS) is 10.5. The smallest absolute Gasteiger partial charge is 0.179 e. The molecule has 5 heteroatoms. The average molecular weight is 236 g/mol. The molecule has 0 saturated carbocycles. The zero-order valence-corrected chi connectivity index (χ0v) is 9.15. The molecule has 1 heterocycles. The average Bonchev–Trinajstić information content (AvgIpc) is 2.72. The summed E-state index contributed by atoms with van der Waals surface area (Å²) in [6, 6.07) is 5.25. The summed E-state index contributed by atoms with van der Waals surface area (Å²) in [5.74, 6) is -1.89. The Kier molecular flexibility index (Phi) is 2.99. The van der Waals surface area contributed by atoms with Crippen LogP contribution in [0.25, 0.3) is 0 Å². The van der Waals surface area contributed by atoms with Gasteiger partial charge < -0.3 is 0 Å². The van der Waals surface area contributed by atoms with Gasteiger partial charge in [0.25, 0.3) is 0 Å². The lowest BCUT2D eigenvalue weighted by Gasteiger charge is -2.02. The Bertz CT molecular complexity index is 563.